The number of amides is 2. The lowest BCUT2D eigenvalue weighted by molar-refractivity contribution is -0.116. The first-order valence-corrected chi connectivity index (χ1v) is 9.67. The molecule has 0 radical (unpaired) electrons. The van der Waals surface area contributed by atoms with E-state index in [1.165, 1.54) is 19.1 Å². The van der Waals surface area contributed by atoms with Gasteiger partial charge in [0.05, 0.1) is 17.6 Å². The number of carbonyl (C=O) groups excluding carboxylic acids is 2. The number of carbonyl (C=O) groups is 2. The first-order chi connectivity index (χ1) is 13.1. The van der Waals surface area contributed by atoms with E-state index in [2.05, 4.69) is 15.5 Å². The van der Waals surface area contributed by atoms with Crippen molar-refractivity contribution < 1.29 is 14.0 Å². The van der Waals surface area contributed by atoms with Crippen LogP contribution in [0.15, 0.2) is 41.0 Å². The molecule has 1 fully saturated rings. The zero-order chi connectivity index (χ0) is 19.1. The van der Waals surface area contributed by atoms with Gasteiger partial charge >= 0.3 is 0 Å². The Balaban J connectivity index is 1.58. The Morgan fingerprint density at radius 2 is 1.89 bits per heavy atom. The van der Waals surface area contributed by atoms with Gasteiger partial charge in [-0.2, -0.15) is 0 Å². The van der Waals surface area contributed by atoms with Crippen LogP contribution in [0, 0.1) is 0 Å². The number of anilines is 2. The molecule has 2 amide bonds. The molecule has 0 bridgehead atoms. The molecule has 1 aliphatic rings. The van der Waals surface area contributed by atoms with Crippen LogP contribution in [0.25, 0.3) is 0 Å². The van der Waals surface area contributed by atoms with Crippen molar-refractivity contribution in [3.05, 3.63) is 47.4 Å². The highest BCUT2D eigenvalue weighted by Crippen LogP contribution is 2.31. The molecule has 1 aromatic carbocycles. The second kappa shape index (κ2) is 9.46. The summed E-state index contributed by atoms with van der Waals surface area (Å²) in [7, 11) is 0. The van der Waals surface area contributed by atoms with Crippen molar-refractivity contribution >= 4 is 34.8 Å². The van der Waals surface area contributed by atoms with Crippen molar-refractivity contribution in [2.75, 3.05) is 29.9 Å². The molecule has 0 aliphatic carbocycles. The highest BCUT2D eigenvalue weighted by atomic mass is 35.5. The number of nitrogens with one attached hydrogen (secondary N) is 2. The number of rotatable bonds is 6. The van der Waals surface area contributed by atoms with Crippen molar-refractivity contribution in [1.82, 2.24) is 5.32 Å². The van der Waals surface area contributed by atoms with Gasteiger partial charge in [-0.1, -0.05) is 24.4 Å². The first-order valence-electron chi connectivity index (χ1n) is 9.29. The molecule has 1 saturated heterocycles. The molecular formula is C20H24ClN3O3. The summed E-state index contributed by atoms with van der Waals surface area (Å²) in [4.78, 5) is 26.5. The van der Waals surface area contributed by atoms with Gasteiger partial charge in [0.2, 0.25) is 5.91 Å². The minimum absolute atomic E-state index is 0.165. The summed E-state index contributed by atoms with van der Waals surface area (Å²) in [5, 5.41) is 6.19. The Bertz CT molecular complexity index is 769. The minimum Gasteiger partial charge on any atom is -0.459 e. The normalized spacial score (nSPS) is 14.5. The largest absolute Gasteiger partial charge is 0.459 e. The average molecular weight is 390 g/mol. The molecule has 2 N–H and O–H groups in total. The summed E-state index contributed by atoms with van der Waals surface area (Å²) in [5.74, 6) is -0.275. The van der Waals surface area contributed by atoms with Crippen molar-refractivity contribution in [3.63, 3.8) is 0 Å². The van der Waals surface area contributed by atoms with Crippen LogP contribution in [0.5, 0.6) is 0 Å². The predicted molar refractivity (Wildman–Crippen MR) is 106 cm³/mol. The van der Waals surface area contributed by atoms with Crippen molar-refractivity contribution in [3.8, 4) is 0 Å². The summed E-state index contributed by atoms with van der Waals surface area (Å²) in [6.45, 7) is 2.18. The molecule has 3 rings (SSSR count). The maximum absolute atomic E-state index is 12.3. The molecule has 27 heavy (non-hydrogen) atoms. The Labute approximate surface area is 163 Å². The smallest absolute Gasteiger partial charge is 0.286 e. The molecule has 7 heteroatoms. The predicted octanol–water partition coefficient (Wildman–Crippen LogP) is 4.07. The van der Waals surface area contributed by atoms with Crippen LogP contribution in [0.1, 0.15) is 42.7 Å². The van der Waals surface area contributed by atoms with Crippen molar-refractivity contribution in [2.24, 2.45) is 0 Å². The Kier molecular flexibility index (Phi) is 6.76. The number of benzene rings is 1. The van der Waals surface area contributed by atoms with E-state index < -0.39 is 0 Å². The highest BCUT2D eigenvalue weighted by molar-refractivity contribution is 6.31. The van der Waals surface area contributed by atoms with Gasteiger partial charge in [-0.15, -0.1) is 0 Å². The Hall–Kier alpha value is -2.47. The quantitative estimate of drug-likeness (QED) is 0.780. The Morgan fingerprint density at radius 3 is 2.59 bits per heavy atom. The van der Waals surface area contributed by atoms with E-state index in [0.29, 0.717) is 10.7 Å². The number of hydrogen-bond acceptors (Lipinski definition) is 4. The van der Waals surface area contributed by atoms with Gasteiger partial charge in [0.25, 0.3) is 5.91 Å². The van der Waals surface area contributed by atoms with Crippen LogP contribution in [-0.4, -0.2) is 31.4 Å². The lowest BCUT2D eigenvalue weighted by atomic mass is 10.2. The fourth-order valence-electron chi connectivity index (χ4n) is 3.19. The van der Waals surface area contributed by atoms with Gasteiger partial charge < -0.3 is 20.0 Å². The third-order valence-electron chi connectivity index (χ3n) is 4.56. The van der Waals surface area contributed by atoms with E-state index >= 15 is 0 Å². The summed E-state index contributed by atoms with van der Waals surface area (Å²) in [6.07, 6.45) is 6.37. The lowest BCUT2D eigenvalue weighted by Crippen LogP contribution is -2.28. The van der Waals surface area contributed by atoms with Gasteiger partial charge in [0, 0.05) is 31.1 Å². The summed E-state index contributed by atoms with van der Waals surface area (Å²) >= 11 is 6.14. The molecule has 0 saturated carbocycles. The third-order valence-corrected chi connectivity index (χ3v) is 4.80. The second-order valence-electron chi connectivity index (χ2n) is 6.59. The van der Waals surface area contributed by atoms with Gasteiger partial charge in [-0.25, -0.2) is 0 Å². The first kappa shape index (κ1) is 19.3. The van der Waals surface area contributed by atoms with Gasteiger partial charge in [-0.3, -0.25) is 9.59 Å². The van der Waals surface area contributed by atoms with Gasteiger partial charge in [-0.05, 0) is 43.2 Å². The molecule has 0 unspecified atom stereocenters. The topological polar surface area (TPSA) is 74.6 Å². The van der Waals surface area contributed by atoms with E-state index in [-0.39, 0.29) is 30.5 Å². The number of furan rings is 1. The molecule has 0 atom stereocenters. The molecule has 0 spiro atoms. The minimum atomic E-state index is -0.333. The monoisotopic (exact) mass is 389 g/mol. The van der Waals surface area contributed by atoms with E-state index in [0.717, 1.165) is 31.6 Å². The van der Waals surface area contributed by atoms with Crippen LogP contribution < -0.4 is 15.5 Å². The zero-order valence-electron chi connectivity index (χ0n) is 15.2. The van der Waals surface area contributed by atoms with Gasteiger partial charge in [0.1, 0.15) is 0 Å². The number of hydrogen-bond donors (Lipinski definition) is 2. The van der Waals surface area contributed by atoms with Crippen LogP contribution >= 0.6 is 11.6 Å². The summed E-state index contributed by atoms with van der Waals surface area (Å²) in [6, 6.07) is 8.81. The van der Waals surface area contributed by atoms with Crippen molar-refractivity contribution in [2.45, 2.75) is 32.1 Å². The van der Waals surface area contributed by atoms with Gasteiger partial charge in [0.15, 0.2) is 5.76 Å². The molecule has 2 heterocycles. The fourth-order valence-corrected chi connectivity index (χ4v) is 3.36. The average Bonchev–Trinajstić information content (AvgIpc) is 3.05. The maximum Gasteiger partial charge on any atom is 0.286 e. The van der Waals surface area contributed by atoms with E-state index in [4.69, 9.17) is 16.0 Å². The van der Waals surface area contributed by atoms with Crippen LogP contribution in [0.3, 0.4) is 0 Å². The lowest BCUT2D eigenvalue weighted by Gasteiger charge is -2.25. The number of halogens is 1. The maximum atomic E-state index is 12.3. The molecular weight excluding hydrogens is 366 g/mol. The standard InChI is InChI=1S/C20H24ClN3O3/c21-15-7-8-17(24-11-3-1-2-4-12-24)16(14-15)23-19(25)9-10-22-20(26)18-6-5-13-27-18/h5-8,13-14H,1-4,9-12H2,(H,22,26)(H,23,25). The molecule has 2 aromatic rings. The second-order valence-corrected chi connectivity index (χ2v) is 7.03. The van der Waals surface area contributed by atoms with Crippen LogP contribution in [-0.2, 0) is 4.79 Å². The molecule has 6 nitrogen and oxygen atoms in total. The van der Waals surface area contributed by atoms with Crippen LogP contribution in [0.2, 0.25) is 5.02 Å². The molecule has 1 aromatic heterocycles. The summed E-state index contributed by atoms with van der Waals surface area (Å²) < 4.78 is 5.02. The van der Waals surface area contributed by atoms with E-state index in [1.54, 1.807) is 18.2 Å². The van der Waals surface area contributed by atoms with Crippen LogP contribution in [0.4, 0.5) is 11.4 Å². The third kappa shape index (κ3) is 5.50. The Morgan fingerprint density at radius 1 is 1.11 bits per heavy atom. The number of nitrogens with zero attached hydrogens (tertiary/aromatic N) is 1. The van der Waals surface area contributed by atoms with Crippen molar-refractivity contribution in [1.29, 1.82) is 0 Å². The van der Waals surface area contributed by atoms with E-state index in [9.17, 15) is 9.59 Å². The summed E-state index contributed by atoms with van der Waals surface area (Å²) in [5.41, 5.74) is 1.71. The van der Waals surface area contributed by atoms with E-state index in [1.807, 2.05) is 12.1 Å². The SMILES string of the molecule is O=C(CCNC(=O)c1ccco1)Nc1cc(Cl)ccc1N1CCCCCC1. The molecule has 144 valence electrons. The fraction of sp³-hybridized carbons (Fsp3) is 0.400. The molecule has 1 aliphatic heterocycles. The highest BCUT2D eigenvalue weighted by Gasteiger charge is 2.16. The zero-order valence-corrected chi connectivity index (χ0v) is 15.9.